The molecule has 1 aromatic rings. The second-order valence-electron chi connectivity index (χ2n) is 2.92. The molecule has 2 nitrogen and oxygen atoms in total. The lowest BCUT2D eigenvalue weighted by atomic mass is 10.2. The summed E-state index contributed by atoms with van der Waals surface area (Å²) in [5, 5.41) is 16.9. The highest BCUT2D eigenvalue weighted by Crippen LogP contribution is 2.08. The molecule has 0 saturated heterocycles. The van der Waals surface area contributed by atoms with Gasteiger partial charge >= 0.3 is 0 Å². The summed E-state index contributed by atoms with van der Waals surface area (Å²) in [7, 11) is 0. The van der Waals surface area contributed by atoms with Gasteiger partial charge in [0.25, 0.3) is 0 Å². The van der Waals surface area contributed by atoms with Gasteiger partial charge in [-0.05, 0) is 31.0 Å². The Kier molecular flexibility index (Phi) is 7.02. The zero-order chi connectivity index (χ0) is 10.1. The van der Waals surface area contributed by atoms with Crippen LogP contribution in [0, 0.1) is 6.92 Å². The van der Waals surface area contributed by atoms with Crippen LogP contribution in [0.3, 0.4) is 0 Å². The fraction of sp³-hybridized carbons (Fsp3) is 0.455. The molecule has 13 heavy (non-hydrogen) atoms. The van der Waals surface area contributed by atoms with E-state index in [0.717, 1.165) is 18.4 Å². The lowest BCUT2D eigenvalue weighted by Crippen LogP contribution is -1.75. The van der Waals surface area contributed by atoms with Crippen LogP contribution in [0.15, 0.2) is 24.3 Å². The maximum atomic E-state index is 8.81. The Morgan fingerprint density at radius 3 is 2.23 bits per heavy atom. The van der Waals surface area contributed by atoms with E-state index >= 15 is 0 Å². The summed E-state index contributed by atoms with van der Waals surface area (Å²) < 4.78 is 0. The SMILES string of the molecule is CCCCO.Cc1cccc(O)c1. The molecule has 0 aliphatic carbocycles. The van der Waals surface area contributed by atoms with Gasteiger partial charge in [0.1, 0.15) is 5.75 Å². The Labute approximate surface area is 79.9 Å². The number of aromatic hydroxyl groups is 1. The van der Waals surface area contributed by atoms with Crippen LogP contribution in [0.5, 0.6) is 5.75 Å². The van der Waals surface area contributed by atoms with Gasteiger partial charge in [0.05, 0.1) is 0 Å². The lowest BCUT2D eigenvalue weighted by Gasteiger charge is -1.89. The number of aliphatic hydroxyl groups excluding tert-OH is 1. The molecular weight excluding hydrogens is 164 g/mol. The monoisotopic (exact) mass is 182 g/mol. The van der Waals surface area contributed by atoms with Crippen molar-refractivity contribution in [2.75, 3.05) is 6.61 Å². The van der Waals surface area contributed by atoms with Crippen molar-refractivity contribution in [2.45, 2.75) is 26.7 Å². The standard InChI is InChI=1S/C7H8O.C4H10O/c1-6-3-2-4-7(8)5-6;1-2-3-4-5/h2-5,8H,1H3;5H,2-4H2,1H3. The molecule has 74 valence electrons. The number of aliphatic hydroxyl groups is 1. The summed E-state index contributed by atoms with van der Waals surface area (Å²) in [5.74, 6) is 0.338. The van der Waals surface area contributed by atoms with E-state index in [1.165, 1.54) is 0 Å². The molecule has 2 heteroatoms. The normalized spacial score (nSPS) is 8.85. The molecule has 1 aromatic carbocycles. The summed E-state index contributed by atoms with van der Waals surface area (Å²) >= 11 is 0. The summed E-state index contributed by atoms with van der Waals surface area (Å²) in [5.41, 5.74) is 1.09. The maximum absolute atomic E-state index is 8.81. The van der Waals surface area contributed by atoms with Crippen LogP contribution in [0.4, 0.5) is 0 Å². The molecule has 0 radical (unpaired) electrons. The van der Waals surface area contributed by atoms with Crippen LogP contribution >= 0.6 is 0 Å². The van der Waals surface area contributed by atoms with Crippen LogP contribution in [0.25, 0.3) is 0 Å². The zero-order valence-corrected chi connectivity index (χ0v) is 8.33. The molecule has 0 amide bonds. The molecular formula is C11H18O2. The molecule has 0 aliphatic heterocycles. The maximum Gasteiger partial charge on any atom is 0.115 e. The number of benzene rings is 1. The predicted molar refractivity (Wildman–Crippen MR) is 54.8 cm³/mol. The summed E-state index contributed by atoms with van der Waals surface area (Å²) in [4.78, 5) is 0. The Balaban J connectivity index is 0.000000252. The smallest absolute Gasteiger partial charge is 0.115 e. The second kappa shape index (κ2) is 7.62. The largest absolute Gasteiger partial charge is 0.508 e. The molecule has 0 unspecified atom stereocenters. The molecule has 0 saturated carbocycles. The van der Waals surface area contributed by atoms with E-state index in [1.807, 2.05) is 19.1 Å². The van der Waals surface area contributed by atoms with E-state index in [2.05, 4.69) is 6.92 Å². The third kappa shape index (κ3) is 7.34. The van der Waals surface area contributed by atoms with Crippen molar-refractivity contribution in [3.8, 4) is 5.75 Å². The summed E-state index contributed by atoms with van der Waals surface area (Å²) in [6.45, 7) is 4.34. The average molecular weight is 182 g/mol. The van der Waals surface area contributed by atoms with Crippen molar-refractivity contribution >= 4 is 0 Å². The fourth-order valence-electron chi connectivity index (χ4n) is 0.786. The van der Waals surface area contributed by atoms with Crippen molar-refractivity contribution < 1.29 is 10.2 Å². The van der Waals surface area contributed by atoms with Crippen LogP contribution in [-0.4, -0.2) is 16.8 Å². The molecule has 0 heterocycles. The first-order valence-corrected chi connectivity index (χ1v) is 4.57. The van der Waals surface area contributed by atoms with Gasteiger partial charge in [-0.2, -0.15) is 0 Å². The van der Waals surface area contributed by atoms with E-state index in [1.54, 1.807) is 12.1 Å². The quantitative estimate of drug-likeness (QED) is 0.737. The molecule has 2 N–H and O–H groups in total. The molecule has 1 rings (SSSR count). The van der Waals surface area contributed by atoms with E-state index in [9.17, 15) is 0 Å². The number of hydrogen-bond acceptors (Lipinski definition) is 2. The Bertz CT molecular complexity index is 202. The minimum absolute atomic E-state index is 0.338. The van der Waals surface area contributed by atoms with Crippen molar-refractivity contribution in [3.63, 3.8) is 0 Å². The molecule has 0 aliphatic rings. The minimum Gasteiger partial charge on any atom is -0.508 e. The Morgan fingerprint density at radius 1 is 1.31 bits per heavy atom. The molecule has 0 bridgehead atoms. The highest BCUT2D eigenvalue weighted by molar-refractivity contribution is 5.25. The van der Waals surface area contributed by atoms with E-state index in [0.29, 0.717) is 12.4 Å². The van der Waals surface area contributed by atoms with Crippen LogP contribution in [0.2, 0.25) is 0 Å². The number of phenols is 1. The highest BCUT2D eigenvalue weighted by Gasteiger charge is 1.83. The second-order valence-corrected chi connectivity index (χ2v) is 2.92. The van der Waals surface area contributed by atoms with Crippen molar-refractivity contribution in [3.05, 3.63) is 29.8 Å². The number of unbranched alkanes of at least 4 members (excludes halogenated alkanes) is 1. The number of rotatable bonds is 2. The number of aryl methyl sites for hydroxylation is 1. The summed E-state index contributed by atoms with van der Waals surface area (Å²) in [6, 6.07) is 7.15. The molecule has 0 fully saturated rings. The van der Waals surface area contributed by atoms with E-state index < -0.39 is 0 Å². The van der Waals surface area contributed by atoms with E-state index in [-0.39, 0.29) is 0 Å². The zero-order valence-electron chi connectivity index (χ0n) is 8.33. The van der Waals surface area contributed by atoms with Crippen molar-refractivity contribution in [1.82, 2.24) is 0 Å². The third-order valence-corrected chi connectivity index (χ3v) is 1.51. The Morgan fingerprint density at radius 2 is 2.00 bits per heavy atom. The topological polar surface area (TPSA) is 40.5 Å². The fourth-order valence-corrected chi connectivity index (χ4v) is 0.786. The van der Waals surface area contributed by atoms with Crippen LogP contribution in [-0.2, 0) is 0 Å². The van der Waals surface area contributed by atoms with Crippen molar-refractivity contribution in [2.24, 2.45) is 0 Å². The van der Waals surface area contributed by atoms with Crippen LogP contribution in [0.1, 0.15) is 25.3 Å². The first-order valence-electron chi connectivity index (χ1n) is 4.57. The summed E-state index contributed by atoms with van der Waals surface area (Å²) in [6.07, 6.45) is 2.04. The predicted octanol–water partition coefficient (Wildman–Crippen LogP) is 2.48. The van der Waals surface area contributed by atoms with Gasteiger partial charge in [0.15, 0.2) is 0 Å². The van der Waals surface area contributed by atoms with Crippen LogP contribution < -0.4 is 0 Å². The first-order chi connectivity index (χ1) is 6.20. The average Bonchev–Trinajstić information content (AvgIpc) is 2.06. The van der Waals surface area contributed by atoms with Gasteiger partial charge in [-0.1, -0.05) is 25.5 Å². The van der Waals surface area contributed by atoms with E-state index in [4.69, 9.17) is 10.2 Å². The van der Waals surface area contributed by atoms with Crippen molar-refractivity contribution in [1.29, 1.82) is 0 Å². The molecule has 0 spiro atoms. The van der Waals surface area contributed by atoms with Gasteiger partial charge in [-0.25, -0.2) is 0 Å². The minimum atomic E-state index is 0.338. The lowest BCUT2D eigenvalue weighted by molar-refractivity contribution is 0.287. The van der Waals surface area contributed by atoms with Gasteiger partial charge in [-0.15, -0.1) is 0 Å². The van der Waals surface area contributed by atoms with Gasteiger partial charge in [0, 0.05) is 6.61 Å². The number of hydrogen-bond donors (Lipinski definition) is 2. The van der Waals surface area contributed by atoms with Gasteiger partial charge in [0.2, 0.25) is 0 Å². The highest BCUT2D eigenvalue weighted by atomic mass is 16.3. The van der Waals surface area contributed by atoms with Gasteiger partial charge in [-0.3, -0.25) is 0 Å². The first kappa shape index (κ1) is 12.0. The third-order valence-electron chi connectivity index (χ3n) is 1.51. The number of phenolic OH excluding ortho intramolecular Hbond substituents is 1. The molecule has 0 aromatic heterocycles. The molecule has 0 atom stereocenters. The van der Waals surface area contributed by atoms with Gasteiger partial charge < -0.3 is 10.2 Å². The Hall–Kier alpha value is -1.02.